The number of amides is 3. The van der Waals surface area contributed by atoms with Crippen LogP contribution in [-0.2, 0) is 32.0 Å². The number of fused-ring (bicyclic) bond motifs is 5. The third-order valence-corrected chi connectivity index (χ3v) is 18.2. The van der Waals surface area contributed by atoms with Crippen LogP contribution < -0.4 is 29.9 Å². The number of rotatable bonds is 15. The molecule has 2 bridgehead atoms. The van der Waals surface area contributed by atoms with Crippen molar-refractivity contribution in [3.05, 3.63) is 77.0 Å². The monoisotopic (exact) mass is 1040 g/mol. The smallest absolute Gasteiger partial charge is 0.319 e. The number of halogens is 2. The second kappa shape index (κ2) is 19.7. The molecule has 2 N–H and O–H groups in total. The lowest BCUT2D eigenvalue weighted by Gasteiger charge is -2.53. The Morgan fingerprint density at radius 3 is 2.36 bits per heavy atom. The van der Waals surface area contributed by atoms with Crippen LogP contribution in [0.3, 0.4) is 0 Å². The van der Waals surface area contributed by atoms with Gasteiger partial charge in [0.2, 0.25) is 11.8 Å². The Morgan fingerprint density at radius 1 is 0.829 bits per heavy atom. The van der Waals surface area contributed by atoms with Gasteiger partial charge in [0.05, 0.1) is 24.2 Å². The molecule has 6 aliphatic heterocycles. The van der Waals surface area contributed by atoms with Crippen LogP contribution in [0.2, 0.25) is 0 Å². The van der Waals surface area contributed by atoms with Gasteiger partial charge in [-0.1, -0.05) is 13.0 Å². The molecule has 5 saturated heterocycles. The number of pyridine rings is 1. The van der Waals surface area contributed by atoms with Crippen LogP contribution in [0.15, 0.2) is 48.7 Å². The molecule has 16 nitrogen and oxygen atoms in total. The van der Waals surface area contributed by atoms with E-state index in [4.69, 9.17) is 33.9 Å². The molecule has 2 saturated carbocycles. The summed E-state index contributed by atoms with van der Waals surface area (Å²) in [5.74, 6) is -0.719. The van der Waals surface area contributed by atoms with E-state index in [0.717, 1.165) is 121 Å². The number of carbonyl (C=O) groups is 3. The van der Waals surface area contributed by atoms with E-state index in [9.17, 15) is 14.4 Å². The molecule has 400 valence electrons. The van der Waals surface area contributed by atoms with E-state index in [1.807, 2.05) is 25.1 Å². The molecule has 18 heteroatoms. The Bertz CT molecular complexity index is 3100. The Morgan fingerprint density at radius 2 is 1.62 bits per heavy atom. The van der Waals surface area contributed by atoms with Crippen LogP contribution >= 0.6 is 0 Å². The number of imide groups is 1. The summed E-state index contributed by atoms with van der Waals surface area (Å²) in [4.78, 5) is 61.0. The van der Waals surface area contributed by atoms with E-state index >= 15 is 8.78 Å². The van der Waals surface area contributed by atoms with Crippen LogP contribution in [0.25, 0.3) is 32.9 Å². The average Bonchev–Trinajstić information content (AvgIpc) is 3.99. The third kappa shape index (κ3) is 9.29. The quantitative estimate of drug-likeness (QED) is 0.0785. The fourth-order valence-electron chi connectivity index (χ4n) is 13.8. The molecule has 8 aliphatic rings. The van der Waals surface area contributed by atoms with Gasteiger partial charge >= 0.3 is 6.01 Å². The maximum atomic E-state index is 17.5. The Hall–Kier alpha value is -6.08. The van der Waals surface area contributed by atoms with Crippen molar-refractivity contribution >= 4 is 50.9 Å². The van der Waals surface area contributed by atoms with Gasteiger partial charge in [-0.2, -0.15) is 9.97 Å². The highest BCUT2D eigenvalue weighted by Crippen LogP contribution is 2.52. The molecule has 3 aromatic carbocycles. The van der Waals surface area contributed by atoms with Crippen molar-refractivity contribution in [2.24, 2.45) is 10.8 Å². The summed E-state index contributed by atoms with van der Waals surface area (Å²) in [7, 11) is 1.53. The molecule has 0 radical (unpaired) electrons. The summed E-state index contributed by atoms with van der Waals surface area (Å²) < 4.78 is 57.3. The molecular weight excluding hydrogens is 973 g/mol. The fourth-order valence-corrected chi connectivity index (χ4v) is 13.8. The number of piperidine rings is 3. The van der Waals surface area contributed by atoms with Gasteiger partial charge in [-0.05, 0) is 141 Å². The first-order valence-electron chi connectivity index (χ1n) is 27.7. The number of nitrogens with one attached hydrogen (secondary N) is 2. The normalized spacial score (nSPS) is 24.4. The number of aromatic nitrogens is 3. The first-order chi connectivity index (χ1) is 36.9. The van der Waals surface area contributed by atoms with Crippen molar-refractivity contribution in [2.75, 3.05) is 76.1 Å². The van der Waals surface area contributed by atoms with Gasteiger partial charge in [0, 0.05) is 106 Å². The zero-order chi connectivity index (χ0) is 51.9. The first kappa shape index (κ1) is 49.5. The summed E-state index contributed by atoms with van der Waals surface area (Å²) >= 11 is 0. The van der Waals surface area contributed by atoms with Crippen LogP contribution in [0, 0.1) is 22.5 Å². The minimum Gasteiger partial charge on any atom is -0.468 e. The van der Waals surface area contributed by atoms with Gasteiger partial charge in [-0.3, -0.25) is 24.7 Å². The Balaban J connectivity index is 0.635. The lowest BCUT2D eigenvalue weighted by molar-refractivity contribution is -0.137. The SMILES string of the molecule is CCc1c(F)ccc2cc(OCOC)cc(-c3ncc4c(N5CC6CCC(C5)N6)nc(OCC5(CN6CCC(OC7CC8(CCN(c9ccc%10c(c9)CN(C9CCC(=O)NC9=O)C%10=O)CC8)C7)CC6)CC5)nc4c3F)c12. The van der Waals surface area contributed by atoms with Crippen LogP contribution in [0.4, 0.5) is 20.3 Å². The van der Waals surface area contributed by atoms with Crippen LogP contribution in [-0.4, -0.2) is 139 Å². The van der Waals surface area contributed by atoms with E-state index in [1.54, 1.807) is 23.2 Å². The molecule has 5 aromatic rings. The number of hydrogen-bond donors (Lipinski definition) is 2. The second-order valence-electron chi connectivity index (χ2n) is 23.2. The minimum absolute atomic E-state index is 0.00713. The molecule has 1 spiro atoms. The number of carbonyl (C=O) groups excluding carboxylic acids is 3. The van der Waals surface area contributed by atoms with Crippen molar-refractivity contribution in [3.63, 3.8) is 0 Å². The van der Waals surface area contributed by atoms with Crippen molar-refractivity contribution < 1.29 is 42.1 Å². The molecule has 3 unspecified atom stereocenters. The second-order valence-corrected chi connectivity index (χ2v) is 23.2. The number of nitrogens with zero attached hydrogens (tertiary/aromatic N) is 7. The number of benzene rings is 3. The van der Waals surface area contributed by atoms with E-state index < -0.39 is 11.9 Å². The predicted octanol–water partition coefficient (Wildman–Crippen LogP) is 7.46. The maximum absolute atomic E-state index is 17.5. The highest BCUT2D eigenvalue weighted by atomic mass is 19.1. The highest BCUT2D eigenvalue weighted by Gasteiger charge is 2.49. The molecule has 7 fully saturated rings. The number of likely N-dealkylation sites (tertiary alicyclic amines) is 1. The van der Waals surface area contributed by atoms with Gasteiger partial charge in [0.15, 0.2) is 12.6 Å². The van der Waals surface area contributed by atoms with Gasteiger partial charge in [-0.25, -0.2) is 8.78 Å². The number of methoxy groups -OCH3 is 1. The molecule has 2 aromatic heterocycles. The van der Waals surface area contributed by atoms with Gasteiger partial charge in [0.25, 0.3) is 5.91 Å². The molecular formula is C58H67F2N9O7. The van der Waals surface area contributed by atoms with E-state index in [-0.39, 0.29) is 65.5 Å². The largest absolute Gasteiger partial charge is 0.468 e. The summed E-state index contributed by atoms with van der Waals surface area (Å²) in [6.07, 6.45) is 13.9. The highest BCUT2D eigenvalue weighted by molar-refractivity contribution is 6.06. The third-order valence-electron chi connectivity index (χ3n) is 18.2. The summed E-state index contributed by atoms with van der Waals surface area (Å²) in [6, 6.07) is 12.9. The summed E-state index contributed by atoms with van der Waals surface area (Å²) in [5, 5.41) is 7.89. The first-order valence-corrected chi connectivity index (χ1v) is 27.7. The van der Waals surface area contributed by atoms with Gasteiger partial charge in [0.1, 0.15) is 34.6 Å². The number of aryl methyl sites for hydroxylation is 1. The summed E-state index contributed by atoms with van der Waals surface area (Å²) in [6.45, 7) is 8.94. The number of hydrogen-bond acceptors (Lipinski definition) is 14. The van der Waals surface area contributed by atoms with Crippen molar-refractivity contribution in [1.29, 1.82) is 0 Å². The molecule has 13 rings (SSSR count). The molecule has 76 heavy (non-hydrogen) atoms. The summed E-state index contributed by atoms with van der Waals surface area (Å²) in [5.41, 5.74) is 4.06. The number of ether oxygens (including phenoxy) is 4. The average molecular weight is 1040 g/mol. The topological polar surface area (TPSA) is 164 Å². The lowest BCUT2D eigenvalue weighted by atomic mass is 9.61. The predicted molar refractivity (Wildman–Crippen MR) is 281 cm³/mol. The standard InChI is InChI=1S/C58H67F2N9O7/c1-3-42-46(59)9-4-34-23-40(75-33-73-2)24-44(49(34)42)51-50(60)52-45(27-61-51)53(68-29-36-5-6-37(30-68)62-36)65-56(64-52)74-32-58(14-15-58)31-66-18-12-39(13-19-66)76-41-25-57(26-41)16-20-67(21-17-57)38-7-8-43-35(22-38)28-69(55(43)72)47-10-11-48(70)63-54(47)71/h4,7-9,22-24,27,36-37,39,41,47,62H,3,5-6,10-21,25-26,28-33H2,1-2H3,(H,63,70,71). The van der Waals surface area contributed by atoms with Crippen molar-refractivity contribution in [1.82, 2.24) is 35.4 Å². The van der Waals surface area contributed by atoms with Gasteiger partial charge in [-0.15, -0.1) is 0 Å². The van der Waals surface area contributed by atoms with E-state index in [2.05, 4.69) is 31.4 Å². The van der Waals surface area contributed by atoms with Crippen LogP contribution in [0.1, 0.15) is 105 Å². The minimum atomic E-state index is -0.621. The lowest BCUT2D eigenvalue weighted by Crippen LogP contribution is -2.52. The van der Waals surface area contributed by atoms with E-state index in [0.29, 0.717) is 94.0 Å². The Kier molecular flexibility index (Phi) is 12.9. The Labute approximate surface area is 441 Å². The van der Waals surface area contributed by atoms with Gasteiger partial charge < -0.3 is 43.9 Å². The molecule has 2 aliphatic carbocycles. The van der Waals surface area contributed by atoms with Crippen molar-refractivity contribution in [3.8, 4) is 23.0 Å². The number of piperazine rings is 1. The molecule has 8 heterocycles. The maximum Gasteiger partial charge on any atom is 0.319 e. The zero-order valence-electron chi connectivity index (χ0n) is 43.5. The van der Waals surface area contributed by atoms with E-state index in [1.165, 1.54) is 13.2 Å². The van der Waals surface area contributed by atoms with Crippen molar-refractivity contribution in [2.45, 2.75) is 127 Å². The van der Waals surface area contributed by atoms with Crippen LogP contribution in [0.5, 0.6) is 11.8 Å². The number of anilines is 2. The molecule has 3 amide bonds. The zero-order valence-corrected chi connectivity index (χ0v) is 43.5. The molecule has 3 atom stereocenters. The fraction of sp³-hybridized carbons (Fsp3) is 0.552.